The van der Waals surface area contributed by atoms with Crippen LogP contribution in [0.15, 0.2) is 43.0 Å². The highest BCUT2D eigenvalue weighted by Gasteiger charge is 2.54. The number of ether oxygens (including phenoxy) is 3. The maximum absolute atomic E-state index is 12.4. The van der Waals surface area contributed by atoms with E-state index in [0.29, 0.717) is 17.7 Å². The number of amides is 2. The van der Waals surface area contributed by atoms with Gasteiger partial charge in [-0.2, -0.15) is 0 Å². The molecular formula is C24H31N6O8P. The second-order valence-electron chi connectivity index (χ2n) is 9.28. The van der Waals surface area contributed by atoms with Crippen LogP contribution < -0.4 is 10.6 Å². The molecule has 5 atom stereocenters. The van der Waals surface area contributed by atoms with Crippen LogP contribution in [0.25, 0.3) is 11.2 Å². The van der Waals surface area contributed by atoms with Gasteiger partial charge in [0.15, 0.2) is 29.5 Å². The first-order chi connectivity index (χ1) is 18.8. The van der Waals surface area contributed by atoms with Crippen molar-refractivity contribution in [3.8, 4) is 0 Å². The molecule has 2 fully saturated rings. The molecule has 14 nitrogen and oxygen atoms in total. The number of nitrogens with zero attached hydrogens (tertiary/aromatic N) is 4. The minimum absolute atomic E-state index is 0.228. The number of nitrogens with one attached hydrogen (secondary N) is 2. The summed E-state index contributed by atoms with van der Waals surface area (Å²) >= 11 is 0. The molecule has 5 rings (SSSR count). The number of carbonyl (C=O) groups is 1. The van der Waals surface area contributed by atoms with Crippen molar-refractivity contribution in [2.75, 3.05) is 18.5 Å². The van der Waals surface area contributed by atoms with E-state index in [2.05, 4.69) is 32.5 Å². The van der Waals surface area contributed by atoms with E-state index in [-0.39, 0.29) is 5.82 Å². The average molecular weight is 563 g/mol. The third-order valence-corrected chi connectivity index (χ3v) is 6.99. The number of imidazole rings is 1. The topological polar surface area (TPSA) is 179 Å². The number of hydrogen-bond acceptors (Lipinski definition) is 9. The van der Waals surface area contributed by atoms with Crippen LogP contribution in [0.2, 0.25) is 0 Å². The zero-order valence-electron chi connectivity index (χ0n) is 21.3. The predicted molar refractivity (Wildman–Crippen MR) is 137 cm³/mol. The summed E-state index contributed by atoms with van der Waals surface area (Å²) in [5.41, 5.74) is 1.49. The zero-order chi connectivity index (χ0) is 27.4. The summed E-state index contributed by atoms with van der Waals surface area (Å²) in [6, 6.07) is 8.90. The van der Waals surface area contributed by atoms with E-state index in [0.717, 1.165) is 31.2 Å². The lowest BCUT2D eigenvalue weighted by molar-refractivity contribution is -0.152. The fraction of sp³-hybridized carbons (Fsp3) is 0.500. The number of anilines is 1. The highest BCUT2D eigenvalue weighted by molar-refractivity contribution is 7.46. The quantitative estimate of drug-likeness (QED) is 0.199. The maximum Gasteiger partial charge on any atom is 0.469 e. The Morgan fingerprint density at radius 3 is 2.64 bits per heavy atom. The highest BCUT2D eigenvalue weighted by Crippen LogP contribution is 2.46. The second-order valence-corrected chi connectivity index (χ2v) is 10.5. The van der Waals surface area contributed by atoms with Gasteiger partial charge in [-0.25, -0.2) is 24.3 Å². The average Bonchev–Trinajstić information content (AvgIpc) is 3.62. The van der Waals surface area contributed by atoms with Crippen LogP contribution in [0.4, 0.5) is 10.6 Å². The third-order valence-electron chi connectivity index (χ3n) is 6.51. The fourth-order valence-electron chi connectivity index (χ4n) is 4.67. The van der Waals surface area contributed by atoms with Crippen molar-refractivity contribution in [2.24, 2.45) is 0 Å². The molecule has 39 heavy (non-hydrogen) atoms. The van der Waals surface area contributed by atoms with Crippen molar-refractivity contribution in [1.82, 2.24) is 24.8 Å². The smallest absolute Gasteiger partial charge is 0.347 e. The fourth-order valence-corrected chi connectivity index (χ4v) is 5.01. The van der Waals surface area contributed by atoms with Crippen LogP contribution in [-0.4, -0.2) is 66.8 Å². The summed E-state index contributed by atoms with van der Waals surface area (Å²) in [6.07, 6.45) is 3.20. The van der Waals surface area contributed by atoms with Gasteiger partial charge in [-0.05, 0) is 6.42 Å². The van der Waals surface area contributed by atoms with E-state index in [1.165, 1.54) is 12.7 Å². The molecule has 3 aromatic rings. The highest BCUT2D eigenvalue weighted by atomic mass is 31.2. The molecule has 15 heteroatoms. The SMILES string of the molecule is CCCCCCNC(=O)Nc1ncnc2c1ncn2[C@@H]1O[C@H](COP(=O)(O)O)C2OC(c3ccccc3)O[C@@H]21. The molecule has 2 saturated heterocycles. The molecule has 4 N–H and O–H groups in total. The van der Waals surface area contributed by atoms with Crippen molar-refractivity contribution in [3.63, 3.8) is 0 Å². The first-order valence-electron chi connectivity index (χ1n) is 12.8. The Morgan fingerprint density at radius 1 is 1.08 bits per heavy atom. The van der Waals surface area contributed by atoms with Gasteiger partial charge >= 0.3 is 13.9 Å². The number of hydrogen-bond donors (Lipinski definition) is 4. The Morgan fingerprint density at radius 2 is 1.87 bits per heavy atom. The van der Waals surface area contributed by atoms with E-state index in [4.69, 9.17) is 18.7 Å². The van der Waals surface area contributed by atoms with Gasteiger partial charge in [-0.1, -0.05) is 56.5 Å². The number of benzene rings is 1. The Hall–Kier alpha value is -2.97. The van der Waals surface area contributed by atoms with Crippen molar-refractivity contribution in [1.29, 1.82) is 0 Å². The van der Waals surface area contributed by atoms with Gasteiger partial charge in [-0.15, -0.1) is 0 Å². The summed E-state index contributed by atoms with van der Waals surface area (Å²) in [6.45, 7) is 2.26. The van der Waals surface area contributed by atoms with Crippen LogP contribution in [0.1, 0.15) is 50.7 Å². The van der Waals surface area contributed by atoms with Crippen LogP contribution in [0.3, 0.4) is 0 Å². The molecule has 0 spiro atoms. The molecule has 2 aliphatic heterocycles. The van der Waals surface area contributed by atoms with E-state index in [1.807, 2.05) is 30.3 Å². The van der Waals surface area contributed by atoms with E-state index < -0.39 is 51.3 Å². The molecule has 0 radical (unpaired) electrons. The molecule has 1 aromatic carbocycles. The van der Waals surface area contributed by atoms with E-state index >= 15 is 0 Å². The van der Waals surface area contributed by atoms with Crippen LogP contribution in [0, 0.1) is 0 Å². The molecule has 0 bridgehead atoms. The van der Waals surface area contributed by atoms with Crippen molar-refractivity contribution < 1.29 is 37.9 Å². The van der Waals surface area contributed by atoms with Crippen LogP contribution >= 0.6 is 7.82 Å². The number of fused-ring (bicyclic) bond motifs is 2. The number of unbranched alkanes of at least 4 members (excludes halogenated alkanes) is 3. The van der Waals surface area contributed by atoms with Gasteiger partial charge in [0.2, 0.25) is 0 Å². The van der Waals surface area contributed by atoms with E-state index in [9.17, 15) is 19.1 Å². The number of phosphoric ester groups is 1. The molecule has 2 unspecified atom stereocenters. The molecule has 0 aliphatic carbocycles. The predicted octanol–water partition coefficient (Wildman–Crippen LogP) is 3.02. The Bertz CT molecular complexity index is 1320. The summed E-state index contributed by atoms with van der Waals surface area (Å²) in [4.78, 5) is 43.8. The lowest BCUT2D eigenvalue weighted by Crippen LogP contribution is -2.31. The number of urea groups is 1. The Labute approximate surface area is 224 Å². The number of phosphoric acid groups is 1. The Balaban J connectivity index is 1.35. The summed E-state index contributed by atoms with van der Waals surface area (Å²) in [5, 5.41) is 5.54. The number of carbonyl (C=O) groups excluding carboxylic acids is 1. The largest absolute Gasteiger partial charge is 0.469 e. The summed E-state index contributed by atoms with van der Waals surface area (Å²) in [7, 11) is -4.74. The lowest BCUT2D eigenvalue weighted by atomic mass is 10.1. The first kappa shape index (κ1) is 27.6. The van der Waals surface area contributed by atoms with Crippen molar-refractivity contribution in [2.45, 2.75) is 63.4 Å². The normalized spacial score (nSPS) is 24.6. The van der Waals surface area contributed by atoms with Gasteiger partial charge in [0.1, 0.15) is 24.6 Å². The van der Waals surface area contributed by atoms with Crippen molar-refractivity contribution in [3.05, 3.63) is 48.5 Å². The van der Waals surface area contributed by atoms with E-state index in [1.54, 1.807) is 4.57 Å². The van der Waals surface area contributed by atoms with Gasteiger partial charge in [-0.3, -0.25) is 14.4 Å². The van der Waals surface area contributed by atoms with Crippen molar-refractivity contribution >= 4 is 30.8 Å². The first-order valence-corrected chi connectivity index (χ1v) is 14.3. The third kappa shape index (κ3) is 6.44. The van der Waals surface area contributed by atoms with Crippen LogP contribution in [0.5, 0.6) is 0 Å². The van der Waals surface area contributed by atoms with Gasteiger partial charge in [0.25, 0.3) is 0 Å². The molecule has 2 amide bonds. The number of aromatic nitrogens is 4. The molecule has 0 saturated carbocycles. The molecule has 2 aliphatic rings. The number of rotatable bonds is 11. The zero-order valence-corrected chi connectivity index (χ0v) is 22.1. The summed E-state index contributed by atoms with van der Waals surface area (Å²) < 4.78 is 36.2. The monoisotopic (exact) mass is 562 g/mol. The molecule has 210 valence electrons. The van der Waals surface area contributed by atoms with Gasteiger partial charge in [0.05, 0.1) is 12.9 Å². The second kappa shape index (κ2) is 12.0. The molecular weight excluding hydrogens is 531 g/mol. The molecule has 2 aromatic heterocycles. The standard InChI is InChI=1S/C24H31N6O8P/c1-2-3-4-8-11-25-24(31)29-20-17-21(27-13-26-20)30(14-28-17)22-19-18(16(36-22)12-35-39(32,33)34)37-23(38-19)15-9-6-5-7-10-15/h5-7,9-10,13-14,16,18-19,22-23H,2-4,8,11-12H2,1H3,(H2,32,33,34)(H2,25,26,27,29,31)/t16-,18?,19+,22-,23?/m1/s1. The van der Waals surface area contributed by atoms with Gasteiger partial charge in [0, 0.05) is 12.1 Å². The Kier molecular flexibility index (Phi) is 8.52. The van der Waals surface area contributed by atoms with Crippen LogP contribution in [-0.2, 0) is 23.3 Å². The molecule has 4 heterocycles. The summed E-state index contributed by atoms with van der Waals surface area (Å²) in [5.74, 6) is 0.228. The minimum atomic E-state index is -4.74. The maximum atomic E-state index is 12.4. The lowest BCUT2D eigenvalue weighted by Gasteiger charge is -2.21. The minimum Gasteiger partial charge on any atom is -0.347 e. The van der Waals surface area contributed by atoms with Gasteiger partial charge < -0.3 is 29.3 Å².